The molecule has 1 saturated carbocycles. The van der Waals surface area contributed by atoms with Gasteiger partial charge in [0, 0.05) is 37.4 Å². The van der Waals surface area contributed by atoms with Crippen LogP contribution in [0.15, 0.2) is 18.2 Å². The van der Waals surface area contributed by atoms with Crippen LogP contribution in [0, 0.1) is 16.0 Å². The second-order valence-corrected chi connectivity index (χ2v) is 6.32. The number of amides is 1. The van der Waals surface area contributed by atoms with E-state index in [1.54, 1.807) is 12.1 Å². The summed E-state index contributed by atoms with van der Waals surface area (Å²) < 4.78 is 0. The predicted octanol–water partition coefficient (Wildman–Crippen LogP) is 1.70. The first-order chi connectivity index (χ1) is 11.1. The van der Waals surface area contributed by atoms with Crippen LogP contribution >= 0.6 is 0 Å². The molecule has 1 saturated heterocycles. The lowest BCUT2D eigenvalue weighted by Crippen LogP contribution is -2.35. The van der Waals surface area contributed by atoms with Gasteiger partial charge in [-0.05, 0) is 43.7 Å². The highest BCUT2D eigenvalue weighted by atomic mass is 16.6. The third kappa shape index (κ3) is 3.61. The highest BCUT2D eigenvalue weighted by molar-refractivity contribution is 5.96. The normalized spacial score (nSPS) is 18.7. The zero-order chi connectivity index (χ0) is 16.4. The number of hydrogen-bond acceptors (Lipinski definition) is 5. The fraction of sp³-hybridized carbons (Fsp3) is 0.562. The van der Waals surface area contributed by atoms with Crippen molar-refractivity contribution in [2.45, 2.75) is 31.7 Å². The number of aliphatic hydroxyl groups excluding tert-OH is 1. The van der Waals surface area contributed by atoms with Crippen molar-refractivity contribution in [3.8, 4) is 0 Å². The first kappa shape index (κ1) is 15.7. The number of benzene rings is 1. The minimum Gasteiger partial charge on any atom is -0.396 e. The van der Waals surface area contributed by atoms with E-state index in [0.717, 1.165) is 25.7 Å². The van der Waals surface area contributed by atoms with E-state index in [1.807, 2.05) is 4.90 Å². The standard InChI is InChI=1S/C16H21N3O4/c20-10-11-5-7-18(8-6-11)14-4-1-12(9-15(14)19(22)23)16(21)17-13-2-3-13/h1,4,9,11,13,20H,2-3,5-8,10H2,(H,17,21). The molecule has 1 aromatic carbocycles. The van der Waals surface area contributed by atoms with E-state index in [9.17, 15) is 20.0 Å². The Bertz CT molecular complexity index is 607. The molecule has 1 aliphatic carbocycles. The van der Waals surface area contributed by atoms with Crippen LogP contribution in [0.5, 0.6) is 0 Å². The average molecular weight is 319 g/mol. The maximum atomic E-state index is 12.1. The largest absolute Gasteiger partial charge is 0.396 e. The molecule has 1 aromatic rings. The summed E-state index contributed by atoms with van der Waals surface area (Å²) in [5.41, 5.74) is 0.850. The summed E-state index contributed by atoms with van der Waals surface area (Å²) in [7, 11) is 0. The van der Waals surface area contributed by atoms with Crippen molar-refractivity contribution >= 4 is 17.3 Å². The monoisotopic (exact) mass is 319 g/mol. The van der Waals surface area contributed by atoms with Crippen LogP contribution in [0.25, 0.3) is 0 Å². The molecule has 0 spiro atoms. The van der Waals surface area contributed by atoms with Crippen LogP contribution in [-0.4, -0.2) is 41.7 Å². The highest BCUT2D eigenvalue weighted by Gasteiger charge is 2.27. The van der Waals surface area contributed by atoms with Crippen molar-refractivity contribution in [1.29, 1.82) is 0 Å². The maximum Gasteiger partial charge on any atom is 0.293 e. The number of aliphatic hydroxyl groups is 1. The molecule has 7 nitrogen and oxygen atoms in total. The molecule has 1 aliphatic heterocycles. The Labute approximate surface area is 134 Å². The molecule has 2 fully saturated rings. The van der Waals surface area contributed by atoms with Gasteiger partial charge in [-0.15, -0.1) is 0 Å². The predicted molar refractivity (Wildman–Crippen MR) is 85.6 cm³/mol. The average Bonchev–Trinajstić information content (AvgIpc) is 3.38. The van der Waals surface area contributed by atoms with Gasteiger partial charge in [0.2, 0.25) is 0 Å². The molecular weight excluding hydrogens is 298 g/mol. The molecule has 2 N–H and O–H groups in total. The topological polar surface area (TPSA) is 95.7 Å². The van der Waals surface area contributed by atoms with E-state index < -0.39 is 4.92 Å². The molecule has 3 rings (SSSR count). The number of anilines is 1. The van der Waals surface area contributed by atoms with Gasteiger partial charge in [0.15, 0.2) is 0 Å². The van der Waals surface area contributed by atoms with Crippen molar-refractivity contribution < 1.29 is 14.8 Å². The number of carbonyl (C=O) groups excluding carboxylic acids is 1. The van der Waals surface area contributed by atoms with E-state index in [-0.39, 0.29) is 30.2 Å². The summed E-state index contributed by atoms with van der Waals surface area (Å²) in [5.74, 6) is 0.0232. The molecule has 7 heteroatoms. The lowest BCUT2D eigenvalue weighted by atomic mass is 9.97. The molecule has 0 radical (unpaired) electrons. The molecule has 1 amide bonds. The fourth-order valence-electron chi connectivity index (χ4n) is 2.93. The summed E-state index contributed by atoms with van der Waals surface area (Å²) in [6, 6.07) is 4.90. The van der Waals surface area contributed by atoms with E-state index in [0.29, 0.717) is 24.3 Å². The number of nitrogens with zero attached hydrogens (tertiary/aromatic N) is 2. The van der Waals surface area contributed by atoms with Crippen LogP contribution in [0.4, 0.5) is 11.4 Å². The van der Waals surface area contributed by atoms with Gasteiger partial charge >= 0.3 is 0 Å². The number of hydrogen-bond donors (Lipinski definition) is 2. The summed E-state index contributed by atoms with van der Waals surface area (Å²) in [6.07, 6.45) is 3.59. The second kappa shape index (κ2) is 6.54. The molecule has 124 valence electrons. The van der Waals surface area contributed by atoms with E-state index in [4.69, 9.17) is 0 Å². The summed E-state index contributed by atoms with van der Waals surface area (Å²) in [6.45, 7) is 1.52. The first-order valence-electron chi connectivity index (χ1n) is 8.03. The Morgan fingerprint density at radius 2 is 2.00 bits per heavy atom. The number of nitrogens with one attached hydrogen (secondary N) is 1. The molecule has 0 aromatic heterocycles. The van der Waals surface area contributed by atoms with Crippen molar-refractivity contribution in [3.63, 3.8) is 0 Å². The Morgan fingerprint density at radius 3 is 2.57 bits per heavy atom. The van der Waals surface area contributed by atoms with Crippen molar-refractivity contribution in [2.24, 2.45) is 5.92 Å². The van der Waals surface area contributed by atoms with E-state index >= 15 is 0 Å². The molecular formula is C16H21N3O4. The number of nitro benzene ring substituents is 1. The van der Waals surface area contributed by atoms with Crippen molar-refractivity contribution in [2.75, 3.05) is 24.6 Å². The maximum absolute atomic E-state index is 12.1. The Balaban J connectivity index is 1.79. The molecule has 0 bridgehead atoms. The number of carbonyl (C=O) groups is 1. The highest BCUT2D eigenvalue weighted by Crippen LogP contribution is 2.32. The van der Waals surface area contributed by atoms with Gasteiger partial charge < -0.3 is 15.3 Å². The molecule has 0 unspecified atom stereocenters. The summed E-state index contributed by atoms with van der Waals surface area (Å²) in [5, 5.41) is 23.4. The van der Waals surface area contributed by atoms with Crippen molar-refractivity contribution in [1.82, 2.24) is 5.32 Å². The second-order valence-electron chi connectivity index (χ2n) is 6.32. The van der Waals surface area contributed by atoms with Crippen LogP contribution in [0.2, 0.25) is 0 Å². The van der Waals surface area contributed by atoms with Crippen LogP contribution < -0.4 is 10.2 Å². The van der Waals surface area contributed by atoms with Crippen LogP contribution in [-0.2, 0) is 0 Å². The molecule has 0 atom stereocenters. The van der Waals surface area contributed by atoms with E-state index in [2.05, 4.69) is 5.32 Å². The van der Waals surface area contributed by atoms with Gasteiger partial charge in [-0.3, -0.25) is 14.9 Å². The Morgan fingerprint density at radius 1 is 1.30 bits per heavy atom. The Kier molecular flexibility index (Phi) is 4.47. The number of rotatable bonds is 5. The summed E-state index contributed by atoms with van der Waals surface area (Å²) in [4.78, 5) is 25.0. The third-order valence-corrected chi connectivity index (χ3v) is 4.56. The van der Waals surface area contributed by atoms with Crippen LogP contribution in [0.3, 0.4) is 0 Å². The fourth-order valence-corrected chi connectivity index (χ4v) is 2.93. The quantitative estimate of drug-likeness (QED) is 0.636. The zero-order valence-corrected chi connectivity index (χ0v) is 12.9. The number of nitro groups is 1. The molecule has 2 aliphatic rings. The lowest BCUT2D eigenvalue weighted by Gasteiger charge is -2.32. The lowest BCUT2D eigenvalue weighted by molar-refractivity contribution is -0.384. The zero-order valence-electron chi connectivity index (χ0n) is 12.9. The van der Waals surface area contributed by atoms with Gasteiger partial charge in [0.1, 0.15) is 5.69 Å². The SMILES string of the molecule is O=C(NC1CC1)c1ccc(N2CCC(CO)CC2)c([N+](=O)[O-])c1. The van der Waals surface area contributed by atoms with Gasteiger partial charge in [-0.2, -0.15) is 0 Å². The minimum absolute atomic E-state index is 0.0316. The van der Waals surface area contributed by atoms with Gasteiger partial charge in [-0.25, -0.2) is 0 Å². The van der Waals surface area contributed by atoms with Gasteiger partial charge in [0.25, 0.3) is 11.6 Å². The van der Waals surface area contributed by atoms with E-state index in [1.165, 1.54) is 6.07 Å². The molecule has 1 heterocycles. The smallest absolute Gasteiger partial charge is 0.293 e. The summed E-state index contributed by atoms with van der Waals surface area (Å²) >= 11 is 0. The minimum atomic E-state index is -0.429. The first-order valence-corrected chi connectivity index (χ1v) is 8.03. The van der Waals surface area contributed by atoms with Gasteiger partial charge in [-0.1, -0.05) is 0 Å². The molecule has 23 heavy (non-hydrogen) atoms. The van der Waals surface area contributed by atoms with Gasteiger partial charge in [0.05, 0.1) is 4.92 Å². The number of piperidine rings is 1. The van der Waals surface area contributed by atoms with Crippen LogP contribution in [0.1, 0.15) is 36.0 Å². The Hall–Kier alpha value is -2.15. The third-order valence-electron chi connectivity index (χ3n) is 4.56. The van der Waals surface area contributed by atoms with Crippen molar-refractivity contribution in [3.05, 3.63) is 33.9 Å².